The average molecular weight is 282 g/mol. The first-order valence-corrected chi connectivity index (χ1v) is 6.73. The number of anilines is 1. The Kier molecular flexibility index (Phi) is 5.89. The van der Waals surface area contributed by atoms with E-state index >= 15 is 0 Å². The Morgan fingerprint density at radius 3 is 2.47 bits per heavy atom. The number of nitrogens with one attached hydrogen (secondary N) is 1. The number of hydrogen-bond acceptors (Lipinski definition) is 3. The molecule has 19 heavy (non-hydrogen) atoms. The van der Waals surface area contributed by atoms with Gasteiger partial charge >= 0.3 is 0 Å². The molecule has 0 fully saturated rings. The molecule has 0 spiro atoms. The number of nitrogens with zero attached hydrogens (tertiary/aromatic N) is 1. The van der Waals surface area contributed by atoms with Gasteiger partial charge in [0.15, 0.2) is 5.11 Å². The van der Waals surface area contributed by atoms with Crippen molar-refractivity contribution >= 4 is 23.0 Å². The van der Waals surface area contributed by atoms with Gasteiger partial charge in [0.1, 0.15) is 11.5 Å². The second kappa shape index (κ2) is 7.19. The van der Waals surface area contributed by atoms with E-state index in [9.17, 15) is 0 Å². The molecule has 0 aliphatic heterocycles. The third-order valence-corrected chi connectivity index (χ3v) is 3.21. The fourth-order valence-electron chi connectivity index (χ4n) is 1.83. The molecule has 0 saturated heterocycles. The monoisotopic (exact) mass is 282 g/mol. The Hall–Kier alpha value is -1.49. The molecule has 0 unspecified atom stereocenters. The van der Waals surface area contributed by atoms with E-state index in [4.69, 9.17) is 21.7 Å². The molecular weight excluding hydrogens is 260 g/mol. The smallest absolute Gasteiger partial charge is 0.173 e. The van der Waals surface area contributed by atoms with E-state index in [0.717, 1.165) is 18.0 Å². The van der Waals surface area contributed by atoms with Gasteiger partial charge in [-0.3, -0.25) is 0 Å². The zero-order chi connectivity index (χ0) is 14.4. The average Bonchev–Trinajstić information content (AvgIpc) is 2.39. The summed E-state index contributed by atoms with van der Waals surface area (Å²) in [4.78, 5) is 2.11. The van der Waals surface area contributed by atoms with Crippen LogP contribution in [0.3, 0.4) is 0 Å². The summed E-state index contributed by atoms with van der Waals surface area (Å²) >= 11 is 5.43. The third-order valence-electron chi connectivity index (χ3n) is 2.88. The maximum atomic E-state index is 5.43. The van der Waals surface area contributed by atoms with Gasteiger partial charge in [0.2, 0.25) is 0 Å². The van der Waals surface area contributed by atoms with Crippen molar-refractivity contribution in [1.82, 2.24) is 4.90 Å². The summed E-state index contributed by atoms with van der Waals surface area (Å²) in [6.07, 6.45) is 0. The van der Waals surface area contributed by atoms with Crippen LogP contribution in [-0.2, 0) is 0 Å². The first kappa shape index (κ1) is 15.6. The highest BCUT2D eigenvalue weighted by Crippen LogP contribution is 2.29. The molecule has 1 N–H and O–H groups in total. The summed E-state index contributed by atoms with van der Waals surface area (Å²) in [6.45, 7) is 7.17. The Labute approximate surface area is 120 Å². The second-order valence-electron chi connectivity index (χ2n) is 4.38. The highest BCUT2D eigenvalue weighted by molar-refractivity contribution is 7.80. The molecule has 4 nitrogen and oxygen atoms in total. The lowest BCUT2D eigenvalue weighted by Crippen LogP contribution is -2.39. The molecule has 0 atom stereocenters. The normalized spacial score (nSPS) is 10.2. The van der Waals surface area contributed by atoms with Crippen molar-refractivity contribution in [2.45, 2.75) is 26.8 Å². The molecule has 0 amide bonds. The van der Waals surface area contributed by atoms with Gasteiger partial charge in [-0.1, -0.05) is 0 Å². The summed E-state index contributed by atoms with van der Waals surface area (Å²) in [7, 11) is 3.26. The molecule has 0 radical (unpaired) electrons. The van der Waals surface area contributed by atoms with Crippen LogP contribution in [0.4, 0.5) is 5.69 Å². The van der Waals surface area contributed by atoms with Crippen molar-refractivity contribution in [3.05, 3.63) is 18.2 Å². The van der Waals surface area contributed by atoms with Crippen molar-refractivity contribution in [3.8, 4) is 11.5 Å². The van der Waals surface area contributed by atoms with E-state index in [1.54, 1.807) is 14.2 Å². The fraction of sp³-hybridized carbons (Fsp3) is 0.500. The van der Waals surface area contributed by atoms with E-state index in [-0.39, 0.29) is 0 Å². The van der Waals surface area contributed by atoms with Gasteiger partial charge in [0.05, 0.1) is 19.9 Å². The zero-order valence-electron chi connectivity index (χ0n) is 12.2. The van der Waals surface area contributed by atoms with Gasteiger partial charge in [-0.15, -0.1) is 0 Å². The van der Waals surface area contributed by atoms with Crippen LogP contribution in [-0.4, -0.2) is 36.8 Å². The SMILES string of the molecule is CCN(C(=S)Nc1ccc(OC)cc1OC)C(C)C. The summed E-state index contributed by atoms with van der Waals surface area (Å²) in [6, 6.07) is 5.96. The summed E-state index contributed by atoms with van der Waals surface area (Å²) in [5.41, 5.74) is 0.840. The molecule has 0 bridgehead atoms. The molecule has 106 valence electrons. The molecule has 0 saturated carbocycles. The van der Waals surface area contributed by atoms with E-state index < -0.39 is 0 Å². The number of thiocarbonyl (C=S) groups is 1. The van der Waals surface area contributed by atoms with Crippen molar-refractivity contribution in [2.75, 3.05) is 26.1 Å². The molecule has 0 aromatic heterocycles. The van der Waals surface area contributed by atoms with Crippen LogP contribution in [0, 0.1) is 0 Å². The lowest BCUT2D eigenvalue weighted by atomic mass is 10.2. The highest BCUT2D eigenvalue weighted by Gasteiger charge is 2.13. The van der Waals surface area contributed by atoms with Crippen LogP contribution in [0.2, 0.25) is 0 Å². The largest absolute Gasteiger partial charge is 0.497 e. The van der Waals surface area contributed by atoms with Crippen molar-refractivity contribution in [3.63, 3.8) is 0 Å². The first-order valence-electron chi connectivity index (χ1n) is 6.33. The van der Waals surface area contributed by atoms with Crippen LogP contribution in [0.25, 0.3) is 0 Å². The van der Waals surface area contributed by atoms with E-state index in [1.807, 2.05) is 18.2 Å². The number of hydrogen-bond donors (Lipinski definition) is 1. The number of benzene rings is 1. The van der Waals surface area contributed by atoms with Crippen molar-refractivity contribution in [2.24, 2.45) is 0 Å². The third kappa shape index (κ3) is 3.99. The van der Waals surface area contributed by atoms with Crippen LogP contribution in [0.1, 0.15) is 20.8 Å². The minimum absolute atomic E-state index is 0.356. The lowest BCUT2D eigenvalue weighted by Gasteiger charge is -2.28. The van der Waals surface area contributed by atoms with E-state index in [1.165, 1.54) is 0 Å². The summed E-state index contributed by atoms with van der Waals surface area (Å²) in [5, 5.41) is 3.92. The molecule has 0 heterocycles. The molecule has 0 aliphatic carbocycles. The standard InChI is InChI=1S/C14H22N2O2S/c1-6-16(10(2)3)14(19)15-12-8-7-11(17-4)9-13(12)18-5/h7-10H,6H2,1-5H3,(H,15,19). The molecule has 1 aromatic carbocycles. The van der Waals surface area contributed by atoms with Gasteiger partial charge in [-0.25, -0.2) is 0 Å². The van der Waals surface area contributed by atoms with Crippen LogP contribution in [0.5, 0.6) is 11.5 Å². The Bertz CT molecular complexity index is 435. The Morgan fingerprint density at radius 1 is 1.32 bits per heavy atom. The van der Waals surface area contributed by atoms with Crippen LogP contribution >= 0.6 is 12.2 Å². The molecule has 1 aromatic rings. The van der Waals surface area contributed by atoms with E-state index in [2.05, 4.69) is 31.0 Å². The number of methoxy groups -OCH3 is 2. The van der Waals surface area contributed by atoms with E-state index in [0.29, 0.717) is 16.9 Å². The first-order chi connectivity index (χ1) is 9.03. The Balaban J connectivity index is 2.89. The molecule has 1 rings (SSSR count). The van der Waals surface area contributed by atoms with Gasteiger partial charge in [-0.2, -0.15) is 0 Å². The second-order valence-corrected chi connectivity index (χ2v) is 4.76. The highest BCUT2D eigenvalue weighted by atomic mass is 32.1. The number of rotatable bonds is 5. The summed E-state index contributed by atoms with van der Waals surface area (Å²) in [5.74, 6) is 1.46. The van der Waals surface area contributed by atoms with Crippen LogP contribution < -0.4 is 14.8 Å². The quantitative estimate of drug-likeness (QED) is 0.839. The van der Waals surface area contributed by atoms with Gasteiger partial charge in [-0.05, 0) is 45.1 Å². The molecule has 5 heteroatoms. The predicted molar refractivity (Wildman–Crippen MR) is 83.3 cm³/mol. The topological polar surface area (TPSA) is 33.7 Å². The maximum absolute atomic E-state index is 5.43. The van der Waals surface area contributed by atoms with Gasteiger partial charge in [0, 0.05) is 18.7 Å². The maximum Gasteiger partial charge on any atom is 0.173 e. The van der Waals surface area contributed by atoms with Crippen molar-refractivity contribution in [1.29, 1.82) is 0 Å². The van der Waals surface area contributed by atoms with Gasteiger partial charge < -0.3 is 19.7 Å². The van der Waals surface area contributed by atoms with Crippen molar-refractivity contribution < 1.29 is 9.47 Å². The minimum atomic E-state index is 0.356. The Morgan fingerprint density at radius 2 is 2.00 bits per heavy atom. The van der Waals surface area contributed by atoms with Gasteiger partial charge in [0.25, 0.3) is 0 Å². The van der Waals surface area contributed by atoms with Crippen LogP contribution in [0.15, 0.2) is 18.2 Å². The fourth-order valence-corrected chi connectivity index (χ4v) is 2.28. The number of ether oxygens (including phenoxy) is 2. The summed E-state index contributed by atoms with van der Waals surface area (Å²) < 4.78 is 10.5. The zero-order valence-corrected chi connectivity index (χ0v) is 13.0. The predicted octanol–water partition coefficient (Wildman–Crippen LogP) is 3.13. The molecular formula is C14H22N2O2S. The molecule has 0 aliphatic rings. The lowest BCUT2D eigenvalue weighted by molar-refractivity contribution is 0.371. The minimum Gasteiger partial charge on any atom is -0.497 e.